The Bertz CT molecular complexity index is 226. The zero-order chi connectivity index (χ0) is 12.5. The zero-order valence-corrected chi connectivity index (χ0v) is 11.0. The molecule has 17 heavy (non-hydrogen) atoms. The van der Waals surface area contributed by atoms with Gasteiger partial charge < -0.3 is 20.1 Å². The van der Waals surface area contributed by atoms with Crippen LogP contribution in [0.4, 0.5) is 0 Å². The van der Waals surface area contributed by atoms with Gasteiger partial charge in [-0.3, -0.25) is 4.99 Å². The molecule has 0 spiro atoms. The maximum Gasteiger partial charge on any atom is 0.191 e. The van der Waals surface area contributed by atoms with Crippen LogP contribution in [0.5, 0.6) is 0 Å². The summed E-state index contributed by atoms with van der Waals surface area (Å²) in [6, 6.07) is 0. The van der Waals surface area contributed by atoms with Crippen molar-refractivity contribution in [3.8, 4) is 0 Å². The summed E-state index contributed by atoms with van der Waals surface area (Å²) in [6.07, 6.45) is 2.38. The number of ether oxygens (including phenoxy) is 2. The molecule has 0 aromatic rings. The van der Waals surface area contributed by atoms with Gasteiger partial charge in [-0.15, -0.1) is 0 Å². The molecular formula is C12H25N3O2. The Morgan fingerprint density at radius 1 is 1.35 bits per heavy atom. The van der Waals surface area contributed by atoms with E-state index in [1.807, 2.05) is 0 Å². The molecule has 0 amide bonds. The van der Waals surface area contributed by atoms with Crippen LogP contribution in [0.25, 0.3) is 0 Å². The number of nitrogens with two attached hydrogens (primary N) is 1. The average molecular weight is 243 g/mol. The molecule has 100 valence electrons. The van der Waals surface area contributed by atoms with Crippen molar-refractivity contribution < 1.29 is 9.47 Å². The third-order valence-electron chi connectivity index (χ3n) is 2.61. The van der Waals surface area contributed by atoms with Crippen LogP contribution in [0.1, 0.15) is 26.7 Å². The fraction of sp³-hybridized carbons (Fsp3) is 0.917. The second kappa shape index (κ2) is 8.31. The molecule has 0 aliphatic carbocycles. The van der Waals surface area contributed by atoms with E-state index in [9.17, 15) is 0 Å². The van der Waals surface area contributed by atoms with E-state index in [1.165, 1.54) is 0 Å². The fourth-order valence-electron chi connectivity index (χ4n) is 1.62. The average Bonchev–Trinajstić information content (AvgIpc) is 2.34. The standard InChI is InChI=1S/C12H25N3O2/c1-11(2)17-8-4-3-5-14-12(13)15-6-9-16-10-7-15/h11H,3-10H2,1-2H3,(H2,13,14). The summed E-state index contributed by atoms with van der Waals surface area (Å²) in [6.45, 7) is 8.90. The first-order valence-electron chi connectivity index (χ1n) is 6.44. The Kier molecular flexibility index (Phi) is 6.96. The van der Waals surface area contributed by atoms with Crippen LogP contribution in [0.2, 0.25) is 0 Å². The van der Waals surface area contributed by atoms with Crippen LogP contribution in [0.3, 0.4) is 0 Å². The predicted molar refractivity (Wildman–Crippen MR) is 69.2 cm³/mol. The number of guanidine groups is 1. The van der Waals surface area contributed by atoms with E-state index in [-0.39, 0.29) is 0 Å². The SMILES string of the molecule is CC(C)OCCCCN=C(N)N1CCOCC1. The summed E-state index contributed by atoms with van der Waals surface area (Å²) in [4.78, 5) is 6.45. The minimum atomic E-state index is 0.317. The molecule has 5 nitrogen and oxygen atoms in total. The molecule has 1 aliphatic heterocycles. The summed E-state index contributed by atoms with van der Waals surface area (Å²) >= 11 is 0. The van der Waals surface area contributed by atoms with E-state index >= 15 is 0 Å². The van der Waals surface area contributed by atoms with Crippen LogP contribution >= 0.6 is 0 Å². The Labute approximate surface area is 104 Å². The van der Waals surface area contributed by atoms with Crippen molar-refractivity contribution in [1.82, 2.24) is 4.90 Å². The predicted octanol–water partition coefficient (Wildman–Crippen LogP) is 0.839. The monoisotopic (exact) mass is 243 g/mol. The van der Waals surface area contributed by atoms with Crippen LogP contribution in [-0.2, 0) is 9.47 Å². The highest BCUT2D eigenvalue weighted by atomic mass is 16.5. The topological polar surface area (TPSA) is 60.1 Å². The Morgan fingerprint density at radius 2 is 2.06 bits per heavy atom. The summed E-state index contributed by atoms with van der Waals surface area (Å²) in [5.41, 5.74) is 5.90. The zero-order valence-electron chi connectivity index (χ0n) is 11.0. The Balaban J connectivity index is 2.06. The quantitative estimate of drug-likeness (QED) is 0.426. The molecule has 0 bridgehead atoms. The molecule has 0 unspecified atom stereocenters. The summed E-state index contributed by atoms with van der Waals surface area (Å²) in [5, 5.41) is 0. The number of morpholine rings is 1. The van der Waals surface area contributed by atoms with Gasteiger partial charge in [0.2, 0.25) is 0 Å². The smallest absolute Gasteiger partial charge is 0.191 e. The van der Waals surface area contributed by atoms with Gasteiger partial charge in [-0.25, -0.2) is 0 Å². The molecule has 0 atom stereocenters. The molecule has 1 aliphatic rings. The van der Waals surface area contributed by atoms with Crippen LogP contribution in [0, 0.1) is 0 Å². The summed E-state index contributed by atoms with van der Waals surface area (Å²) < 4.78 is 10.7. The lowest BCUT2D eigenvalue weighted by molar-refractivity contribution is 0.0673. The van der Waals surface area contributed by atoms with Crippen molar-refractivity contribution in [3.63, 3.8) is 0 Å². The Hall–Kier alpha value is -0.810. The largest absolute Gasteiger partial charge is 0.379 e. The molecule has 0 saturated carbocycles. The second-order valence-electron chi connectivity index (χ2n) is 4.47. The molecule has 0 aromatic heterocycles. The van der Waals surface area contributed by atoms with Crippen LogP contribution in [-0.4, -0.2) is 56.4 Å². The van der Waals surface area contributed by atoms with Gasteiger partial charge in [0.1, 0.15) is 0 Å². The van der Waals surface area contributed by atoms with Gasteiger partial charge in [0.05, 0.1) is 19.3 Å². The summed E-state index contributed by atoms with van der Waals surface area (Å²) in [7, 11) is 0. The summed E-state index contributed by atoms with van der Waals surface area (Å²) in [5.74, 6) is 0.651. The molecule has 1 saturated heterocycles. The van der Waals surface area contributed by atoms with Gasteiger partial charge in [0.25, 0.3) is 0 Å². The lowest BCUT2D eigenvalue weighted by atomic mass is 10.3. The number of unbranched alkanes of at least 4 members (excludes halogenated alkanes) is 1. The number of aliphatic imine (C=N–C) groups is 1. The van der Waals surface area contributed by atoms with E-state index in [4.69, 9.17) is 15.2 Å². The molecule has 0 radical (unpaired) electrons. The lowest BCUT2D eigenvalue weighted by Gasteiger charge is -2.27. The number of nitrogens with zero attached hydrogens (tertiary/aromatic N) is 2. The van der Waals surface area contributed by atoms with E-state index in [0.717, 1.165) is 52.3 Å². The van der Waals surface area contributed by atoms with E-state index in [0.29, 0.717) is 12.1 Å². The van der Waals surface area contributed by atoms with Gasteiger partial charge in [-0.1, -0.05) is 0 Å². The first-order chi connectivity index (χ1) is 8.20. The number of rotatable bonds is 6. The normalized spacial score (nSPS) is 17.8. The van der Waals surface area contributed by atoms with Crippen molar-refractivity contribution in [2.75, 3.05) is 39.5 Å². The first kappa shape index (κ1) is 14.3. The molecular weight excluding hydrogens is 218 g/mol. The lowest BCUT2D eigenvalue weighted by Crippen LogP contribution is -2.44. The van der Waals surface area contributed by atoms with Crippen LogP contribution < -0.4 is 5.73 Å². The van der Waals surface area contributed by atoms with Crippen molar-refractivity contribution in [1.29, 1.82) is 0 Å². The fourth-order valence-corrected chi connectivity index (χ4v) is 1.62. The molecule has 1 fully saturated rings. The first-order valence-corrected chi connectivity index (χ1v) is 6.44. The molecule has 1 heterocycles. The minimum Gasteiger partial charge on any atom is -0.379 e. The third kappa shape index (κ3) is 6.48. The van der Waals surface area contributed by atoms with E-state index < -0.39 is 0 Å². The maximum atomic E-state index is 5.90. The van der Waals surface area contributed by atoms with Crippen LogP contribution in [0.15, 0.2) is 4.99 Å². The third-order valence-corrected chi connectivity index (χ3v) is 2.61. The Morgan fingerprint density at radius 3 is 2.71 bits per heavy atom. The van der Waals surface area contributed by atoms with E-state index in [1.54, 1.807) is 0 Å². The van der Waals surface area contributed by atoms with E-state index in [2.05, 4.69) is 23.7 Å². The molecule has 5 heteroatoms. The molecule has 1 rings (SSSR count). The molecule has 0 aromatic carbocycles. The highest BCUT2D eigenvalue weighted by molar-refractivity contribution is 5.78. The van der Waals surface area contributed by atoms with Gasteiger partial charge in [0, 0.05) is 26.2 Å². The minimum absolute atomic E-state index is 0.317. The van der Waals surface area contributed by atoms with Crippen molar-refractivity contribution in [2.24, 2.45) is 10.7 Å². The second-order valence-corrected chi connectivity index (χ2v) is 4.47. The highest BCUT2D eigenvalue weighted by Crippen LogP contribution is 1.98. The van der Waals surface area contributed by atoms with Gasteiger partial charge >= 0.3 is 0 Å². The van der Waals surface area contributed by atoms with Gasteiger partial charge in [0.15, 0.2) is 5.96 Å². The number of hydrogen-bond acceptors (Lipinski definition) is 3. The number of hydrogen-bond donors (Lipinski definition) is 1. The van der Waals surface area contributed by atoms with Crippen molar-refractivity contribution in [3.05, 3.63) is 0 Å². The van der Waals surface area contributed by atoms with Gasteiger partial charge in [-0.2, -0.15) is 0 Å². The highest BCUT2D eigenvalue weighted by Gasteiger charge is 2.11. The van der Waals surface area contributed by atoms with Crippen molar-refractivity contribution in [2.45, 2.75) is 32.8 Å². The molecule has 2 N–H and O–H groups in total. The maximum absolute atomic E-state index is 5.90. The van der Waals surface area contributed by atoms with Gasteiger partial charge in [-0.05, 0) is 26.7 Å². The van der Waals surface area contributed by atoms with Crippen molar-refractivity contribution >= 4 is 5.96 Å².